The van der Waals surface area contributed by atoms with Crippen molar-refractivity contribution in [2.24, 2.45) is 46.3 Å². The fraction of sp³-hybridized carbons (Fsp3) is 0.667. The van der Waals surface area contributed by atoms with Crippen LogP contribution in [-0.2, 0) is 34.1 Å². The SMILES string of the molecule is C=c1c(C)c(O)c(=C)c(C(C)(C)CC(=O)N(C)CCN(CCOCCOCCC(=O)NCCCCC(NC(=O)CC[C@@H](C)[C@H]2CC[C@H]3[C@@H]4CC[C@@H]5C[C@H](O)CC[C@]5(C)[C@H]4CC[C@]23C)C(=O)O)C(=O)Oc2ccc3nc(C#N)sc3c2)c1O. The summed E-state index contributed by atoms with van der Waals surface area (Å²) in [5.74, 6) is 2.00. The van der Waals surface area contributed by atoms with E-state index in [2.05, 4.69) is 49.5 Å². The van der Waals surface area contributed by atoms with E-state index in [1.54, 1.807) is 46.0 Å². The van der Waals surface area contributed by atoms with Crippen molar-refractivity contribution in [3.8, 4) is 23.3 Å². The molecule has 18 nitrogen and oxygen atoms in total. The van der Waals surface area contributed by atoms with Crippen molar-refractivity contribution in [2.45, 2.75) is 162 Å². The Bertz CT molecular complexity index is 2930. The van der Waals surface area contributed by atoms with Gasteiger partial charge in [0.15, 0.2) is 5.01 Å². The van der Waals surface area contributed by atoms with Crippen molar-refractivity contribution < 1.29 is 58.6 Å². The van der Waals surface area contributed by atoms with E-state index < -0.39 is 23.5 Å². The third kappa shape index (κ3) is 14.9. The van der Waals surface area contributed by atoms with Crippen LogP contribution in [0.15, 0.2) is 18.2 Å². The van der Waals surface area contributed by atoms with Crippen LogP contribution in [0.2, 0.25) is 0 Å². The van der Waals surface area contributed by atoms with Gasteiger partial charge in [0.25, 0.3) is 0 Å². The van der Waals surface area contributed by atoms with E-state index in [-0.39, 0.29) is 127 Å². The Morgan fingerprint density at radius 3 is 2.34 bits per heavy atom. The molecular formula is C63H90N6O12S. The Balaban J connectivity index is 0.775. The van der Waals surface area contributed by atoms with Gasteiger partial charge in [0.05, 0.1) is 42.7 Å². The summed E-state index contributed by atoms with van der Waals surface area (Å²) in [5.41, 5.74) is 0.992. The second kappa shape index (κ2) is 27.7. The Morgan fingerprint density at radius 1 is 0.890 bits per heavy atom. The van der Waals surface area contributed by atoms with Gasteiger partial charge in [-0.3, -0.25) is 14.4 Å². The molecule has 82 heavy (non-hydrogen) atoms. The number of nitrogens with one attached hydrogen (secondary N) is 2. The van der Waals surface area contributed by atoms with Gasteiger partial charge < -0.3 is 55.1 Å². The molecule has 6 N–H and O–H groups in total. The van der Waals surface area contributed by atoms with Gasteiger partial charge in [0.1, 0.15) is 29.4 Å². The molecule has 7 rings (SSSR count). The van der Waals surface area contributed by atoms with Crippen LogP contribution in [0, 0.1) is 64.6 Å². The number of rotatable bonds is 27. The van der Waals surface area contributed by atoms with E-state index in [0.29, 0.717) is 76.2 Å². The average Bonchev–Trinajstić information content (AvgIpc) is 3.40. The van der Waals surface area contributed by atoms with Crippen LogP contribution in [0.3, 0.4) is 0 Å². The molecule has 1 unspecified atom stereocenters. The smallest absolute Gasteiger partial charge is 0.415 e. The highest BCUT2D eigenvalue weighted by molar-refractivity contribution is 7.19. The topological polar surface area (TPSA) is 261 Å². The molecule has 4 fully saturated rings. The lowest BCUT2D eigenvalue weighted by Crippen LogP contribution is -2.54. The molecule has 1 heterocycles. The van der Waals surface area contributed by atoms with Gasteiger partial charge in [0, 0.05) is 85.5 Å². The normalized spacial score (nSPS) is 24.7. The molecule has 1 aromatic heterocycles. The Kier molecular flexibility index (Phi) is 21.6. The Hall–Kier alpha value is -5.81. The number of carbonyl (C=O) groups is 5. The second-order valence-corrected chi connectivity index (χ2v) is 26.3. The zero-order chi connectivity index (χ0) is 59.7. The summed E-state index contributed by atoms with van der Waals surface area (Å²) in [6.07, 6.45) is 12.1. The summed E-state index contributed by atoms with van der Waals surface area (Å²) in [6, 6.07) is 5.90. The zero-order valence-electron chi connectivity index (χ0n) is 49.5. The number of aliphatic hydroxyl groups excluding tert-OH is 1. The van der Waals surface area contributed by atoms with Gasteiger partial charge in [-0.2, -0.15) is 5.26 Å². The van der Waals surface area contributed by atoms with Gasteiger partial charge in [-0.15, -0.1) is 11.3 Å². The first kappa shape index (κ1) is 63.8. The van der Waals surface area contributed by atoms with E-state index in [0.717, 1.165) is 37.5 Å². The number of ether oxygens (including phenoxy) is 3. The fourth-order valence-electron chi connectivity index (χ4n) is 14.9. The number of carbonyl (C=O) groups excluding carboxylic acids is 4. The number of aliphatic hydroxyl groups is 1. The number of likely N-dealkylation sites (N-methyl/N-ethyl adjacent to an activating group) is 1. The molecule has 4 aliphatic carbocycles. The maximum atomic E-state index is 13.6. The summed E-state index contributed by atoms with van der Waals surface area (Å²) < 4.78 is 17.8. The van der Waals surface area contributed by atoms with Gasteiger partial charge in [-0.25, -0.2) is 14.6 Å². The van der Waals surface area contributed by atoms with Gasteiger partial charge in [-0.1, -0.05) is 47.8 Å². The predicted molar refractivity (Wildman–Crippen MR) is 314 cm³/mol. The molecular weight excluding hydrogens is 1060 g/mol. The number of thiazole rings is 1. The first-order valence-corrected chi connectivity index (χ1v) is 30.6. The number of aromatic hydroxyl groups is 2. The van der Waals surface area contributed by atoms with E-state index in [4.69, 9.17) is 14.2 Å². The van der Waals surface area contributed by atoms with E-state index in [9.17, 15) is 49.7 Å². The number of carboxylic acid groups (broad SMARTS) is 1. The standard InChI is InChI=1S/C63H90N6O12S/c1-38(46-17-18-47-45-16-14-42-34-43(70)21-24-62(42,7)48(45)22-25-63(46,47)8)13-20-53(72)66-50(59(76)77)12-10-11-26-65-52(71)23-30-79-32-33-80-31-29-69(60(78)81-44-15-19-49-51(35-44)82-54(37-64)67-49)28-27-68(9)55(73)36-61(5,6)56-41(4)57(74)39(2)40(3)58(56)75/h15,19,35,38,42-43,45-48,50,70,74-75H,3-4,10-14,16-18,20-34,36H2,1-2,5-9H3,(H,65,71)(H,66,72)(H,76,77)/t38-,42-,43-,45+,46-,47+,48+,50?,62+,63-/m1/s1. The highest BCUT2D eigenvalue weighted by atomic mass is 32.1. The van der Waals surface area contributed by atoms with Crippen molar-refractivity contribution >= 4 is 64.5 Å². The van der Waals surface area contributed by atoms with Crippen LogP contribution in [0.1, 0.15) is 153 Å². The first-order chi connectivity index (χ1) is 38.9. The highest BCUT2D eigenvalue weighted by Crippen LogP contribution is 2.68. The highest BCUT2D eigenvalue weighted by Gasteiger charge is 2.60. The molecule has 4 saturated carbocycles. The number of phenols is 2. The Morgan fingerprint density at radius 2 is 1.61 bits per heavy atom. The molecule has 0 aliphatic heterocycles. The number of unbranched alkanes of at least 4 members (excludes halogenated alkanes) is 1. The minimum atomic E-state index is -1.07. The molecule has 19 heteroatoms. The second-order valence-electron chi connectivity index (χ2n) is 25.3. The quantitative estimate of drug-likeness (QED) is 0.0312. The van der Waals surface area contributed by atoms with Crippen LogP contribution in [0.4, 0.5) is 4.79 Å². The molecule has 4 aliphatic rings. The summed E-state index contributed by atoms with van der Waals surface area (Å²) in [5, 5.41) is 57.7. The molecule has 10 atom stereocenters. The molecule has 0 radical (unpaired) electrons. The van der Waals surface area contributed by atoms with Crippen LogP contribution >= 0.6 is 11.3 Å². The minimum absolute atomic E-state index is 0.0517. The van der Waals surface area contributed by atoms with Crippen LogP contribution < -0.4 is 25.8 Å². The number of nitriles is 1. The number of nitrogens with zero attached hydrogens (tertiary/aromatic N) is 4. The molecule has 0 spiro atoms. The van der Waals surface area contributed by atoms with Gasteiger partial charge >= 0.3 is 12.1 Å². The number of hydrogen-bond acceptors (Lipinski definition) is 14. The zero-order valence-corrected chi connectivity index (χ0v) is 50.3. The van der Waals surface area contributed by atoms with E-state index in [1.807, 2.05) is 6.07 Å². The predicted octanol–water partition coefficient (Wildman–Crippen LogP) is 8.05. The molecule has 0 saturated heterocycles. The number of aliphatic carboxylic acids is 1. The molecule has 2 aromatic carbocycles. The third-order valence-electron chi connectivity index (χ3n) is 19.7. The lowest BCUT2D eigenvalue weighted by molar-refractivity contribution is -0.142. The first-order valence-electron chi connectivity index (χ1n) is 29.7. The van der Waals surface area contributed by atoms with Crippen molar-refractivity contribution in [1.82, 2.24) is 25.4 Å². The summed E-state index contributed by atoms with van der Waals surface area (Å²) in [7, 11) is 1.61. The largest absolute Gasteiger partial charge is 0.507 e. The summed E-state index contributed by atoms with van der Waals surface area (Å²) >= 11 is 1.17. The summed E-state index contributed by atoms with van der Waals surface area (Å²) in [6.45, 7) is 21.6. The fourth-order valence-corrected chi connectivity index (χ4v) is 15.7. The number of amides is 4. The number of benzene rings is 2. The van der Waals surface area contributed by atoms with Gasteiger partial charge in [0.2, 0.25) is 17.7 Å². The van der Waals surface area contributed by atoms with Crippen molar-refractivity contribution in [2.75, 3.05) is 59.7 Å². The van der Waals surface area contributed by atoms with Crippen LogP contribution in [-0.4, -0.2) is 137 Å². The van der Waals surface area contributed by atoms with Crippen molar-refractivity contribution in [1.29, 1.82) is 5.26 Å². The number of hydrogen-bond donors (Lipinski definition) is 6. The van der Waals surface area contributed by atoms with E-state index in [1.165, 1.54) is 59.7 Å². The molecule has 3 aromatic rings. The minimum Gasteiger partial charge on any atom is -0.507 e. The average molecular weight is 1160 g/mol. The summed E-state index contributed by atoms with van der Waals surface area (Å²) in [4.78, 5) is 72.3. The molecule has 450 valence electrons. The number of fused-ring (bicyclic) bond motifs is 6. The maximum absolute atomic E-state index is 13.6. The van der Waals surface area contributed by atoms with Crippen LogP contribution in [0.25, 0.3) is 23.4 Å². The van der Waals surface area contributed by atoms with E-state index >= 15 is 0 Å². The lowest BCUT2D eigenvalue weighted by atomic mass is 9.44. The molecule has 0 bridgehead atoms. The molecule has 4 amide bonds. The third-order valence-corrected chi connectivity index (χ3v) is 20.6. The lowest BCUT2D eigenvalue weighted by Gasteiger charge is -2.61. The van der Waals surface area contributed by atoms with Crippen molar-refractivity contribution in [3.05, 3.63) is 44.8 Å². The van der Waals surface area contributed by atoms with Gasteiger partial charge in [-0.05, 0) is 149 Å². The Labute approximate surface area is 487 Å². The monoisotopic (exact) mass is 1150 g/mol. The van der Waals surface area contributed by atoms with Crippen LogP contribution in [0.5, 0.6) is 17.2 Å². The number of carboxylic acids is 1. The number of phenolic OH excluding ortho intramolecular Hbond substituents is 2. The van der Waals surface area contributed by atoms with Crippen molar-refractivity contribution in [3.63, 3.8) is 0 Å². The maximum Gasteiger partial charge on any atom is 0.415 e. The number of aromatic nitrogens is 1.